The van der Waals surface area contributed by atoms with E-state index in [9.17, 15) is 4.79 Å². The zero-order valence-electron chi connectivity index (χ0n) is 13.0. The van der Waals surface area contributed by atoms with Gasteiger partial charge in [-0.1, -0.05) is 39.5 Å². The molecule has 0 aromatic heterocycles. The number of rotatable bonds is 7. The molecule has 4 heteroatoms. The smallest absolute Gasteiger partial charge is 0.310 e. The van der Waals surface area contributed by atoms with Gasteiger partial charge in [0, 0.05) is 13.0 Å². The van der Waals surface area contributed by atoms with Crippen LogP contribution in [0.1, 0.15) is 65.2 Å². The van der Waals surface area contributed by atoms with E-state index in [-0.39, 0.29) is 17.9 Å². The molecule has 1 saturated carbocycles. The second-order valence-corrected chi connectivity index (χ2v) is 6.69. The molecule has 1 aliphatic carbocycles. The number of esters is 1. The molecule has 4 nitrogen and oxygen atoms in total. The summed E-state index contributed by atoms with van der Waals surface area (Å²) in [7, 11) is 0. The van der Waals surface area contributed by atoms with Crippen molar-refractivity contribution in [2.75, 3.05) is 6.54 Å². The van der Waals surface area contributed by atoms with E-state index in [1.165, 1.54) is 19.3 Å². The molecule has 2 aliphatic heterocycles. The Morgan fingerprint density at radius 1 is 1.45 bits per heavy atom. The van der Waals surface area contributed by atoms with E-state index in [2.05, 4.69) is 12.2 Å². The summed E-state index contributed by atoms with van der Waals surface area (Å²) in [5, 5.41) is 3.38. The van der Waals surface area contributed by atoms with Gasteiger partial charge in [0.2, 0.25) is 0 Å². The molecule has 0 amide bonds. The second kappa shape index (κ2) is 6.90. The average Bonchev–Trinajstić information content (AvgIpc) is 2.45. The normalized spacial score (nSPS) is 34.0. The predicted octanol–water partition coefficient (Wildman–Crippen LogP) is 2.56. The molecule has 3 fully saturated rings. The van der Waals surface area contributed by atoms with Gasteiger partial charge in [-0.3, -0.25) is 10.1 Å². The molecule has 0 spiro atoms. The van der Waals surface area contributed by atoms with Crippen LogP contribution < -0.4 is 11.1 Å². The first-order valence-electron chi connectivity index (χ1n) is 8.31. The first-order chi connectivity index (χ1) is 9.57. The number of carbonyl (C=O) groups excluding carboxylic acids is 1. The van der Waals surface area contributed by atoms with E-state index >= 15 is 0 Å². The largest absolute Gasteiger partial charge is 0.442 e. The van der Waals surface area contributed by atoms with Crippen LogP contribution in [0.3, 0.4) is 0 Å². The molecule has 3 rings (SSSR count). The van der Waals surface area contributed by atoms with Crippen LogP contribution in [0.15, 0.2) is 0 Å². The van der Waals surface area contributed by atoms with E-state index in [4.69, 9.17) is 10.5 Å². The van der Waals surface area contributed by atoms with Gasteiger partial charge in [0.1, 0.15) is 0 Å². The lowest BCUT2D eigenvalue weighted by molar-refractivity contribution is -0.184. The molecule has 20 heavy (non-hydrogen) atoms. The predicted molar refractivity (Wildman–Crippen MR) is 80.1 cm³/mol. The van der Waals surface area contributed by atoms with Gasteiger partial charge in [0.15, 0.2) is 5.72 Å². The molecule has 3 N–H and O–H groups in total. The molecule has 4 atom stereocenters. The molecule has 0 aromatic rings. The number of nitrogens with two attached hydrogens (primary N) is 1. The van der Waals surface area contributed by atoms with Crippen molar-refractivity contribution in [3.63, 3.8) is 0 Å². The number of hydrogen-bond acceptors (Lipinski definition) is 4. The highest BCUT2D eigenvalue weighted by Gasteiger charge is 2.49. The van der Waals surface area contributed by atoms with Crippen molar-refractivity contribution in [3.05, 3.63) is 0 Å². The summed E-state index contributed by atoms with van der Waals surface area (Å²) in [4.78, 5) is 12.3. The van der Waals surface area contributed by atoms with Crippen LogP contribution in [-0.2, 0) is 9.53 Å². The topological polar surface area (TPSA) is 64.3 Å². The number of unbranched alkanes of at least 4 members (excludes halogenated alkanes) is 3. The summed E-state index contributed by atoms with van der Waals surface area (Å²) in [6, 6.07) is -0.0498. The van der Waals surface area contributed by atoms with Crippen LogP contribution in [0.2, 0.25) is 0 Å². The second-order valence-electron chi connectivity index (χ2n) is 6.69. The lowest BCUT2D eigenvalue weighted by Gasteiger charge is -2.50. The summed E-state index contributed by atoms with van der Waals surface area (Å²) in [6.07, 6.45) is 8.68. The quantitative estimate of drug-likeness (QED) is 0.556. The van der Waals surface area contributed by atoms with Gasteiger partial charge in [-0.15, -0.1) is 0 Å². The lowest BCUT2D eigenvalue weighted by Crippen LogP contribution is -2.69. The number of carbonyl (C=O) groups is 1. The van der Waals surface area contributed by atoms with Gasteiger partial charge in [0.05, 0.1) is 12.0 Å². The van der Waals surface area contributed by atoms with Gasteiger partial charge in [-0.25, -0.2) is 0 Å². The summed E-state index contributed by atoms with van der Waals surface area (Å²) < 4.78 is 5.82. The third kappa shape index (κ3) is 3.53. The maximum absolute atomic E-state index is 12.3. The summed E-state index contributed by atoms with van der Waals surface area (Å²) in [5.74, 6) is 0.566. The fourth-order valence-corrected chi connectivity index (χ4v) is 3.43. The van der Waals surface area contributed by atoms with Crippen LogP contribution >= 0.6 is 0 Å². The Morgan fingerprint density at radius 2 is 2.25 bits per heavy atom. The number of fused-ring (bicyclic) bond motifs is 3. The standard InChI is InChI=1S/C16H30N2O2/c1-3-4-5-6-7-12(2)15(19)20-16-9-8-13(11-18-16)10-14(16)17/h12-14,18H,3-11,17H2,1-2H3/t12?,13-,14-,16+/m0/s1. The van der Waals surface area contributed by atoms with Gasteiger partial charge in [-0.2, -0.15) is 0 Å². The Morgan fingerprint density at radius 3 is 2.85 bits per heavy atom. The molecule has 0 radical (unpaired) electrons. The molecular weight excluding hydrogens is 252 g/mol. The maximum atomic E-state index is 12.3. The van der Waals surface area contributed by atoms with Crippen LogP contribution in [0.4, 0.5) is 0 Å². The van der Waals surface area contributed by atoms with Crippen molar-refractivity contribution >= 4 is 5.97 Å². The molecular formula is C16H30N2O2. The zero-order chi connectivity index (χ0) is 14.6. The van der Waals surface area contributed by atoms with Crippen molar-refractivity contribution in [1.29, 1.82) is 0 Å². The number of hydrogen-bond donors (Lipinski definition) is 2. The van der Waals surface area contributed by atoms with Crippen LogP contribution in [0.5, 0.6) is 0 Å². The van der Waals surface area contributed by atoms with Crippen molar-refractivity contribution < 1.29 is 9.53 Å². The van der Waals surface area contributed by atoms with Gasteiger partial charge < -0.3 is 10.5 Å². The minimum absolute atomic E-state index is 0.0186. The third-order valence-electron chi connectivity index (χ3n) is 4.98. The Hall–Kier alpha value is -0.610. The van der Waals surface area contributed by atoms with Crippen molar-refractivity contribution in [2.24, 2.45) is 17.6 Å². The molecule has 2 saturated heterocycles. The Kier molecular flexibility index (Phi) is 5.44. The SMILES string of the molecule is CCCCCCC(C)C(=O)O[C@@]12CC[C@H](CN1)C[C@@H]2N. The molecule has 3 aliphatic rings. The molecule has 0 aromatic carbocycles. The third-order valence-corrected chi connectivity index (χ3v) is 4.98. The zero-order valence-corrected chi connectivity index (χ0v) is 13.0. The van der Waals surface area contributed by atoms with E-state index in [1.54, 1.807) is 0 Å². The average molecular weight is 282 g/mol. The molecule has 1 unspecified atom stereocenters. The van der Waals surface area contributed by atoms with E-state index < -0.39 is 5.72 Å². The Balaban J connectivity index is 1.80. The van der Waals surface area contributed by atoms with Gasteiger partial charge in [0.25, 0.3) is 0 Å². The Bertz CT molecular complexity index is 324. The van der Waals surface area contributed by atoms with E-state index in [1.807, 2.05) is 6.92 Å². The summed E-state index contributed by atoms with van der Waals surface area (Å²) in [6.45, 7) is 5.11. The number of nitrogens with one attached hydrogen (secondary N) is 1. The van der Waals surface area contributed by atoms with Crippen LogP contribution in [0.25, 0.3) is 0 Å². The highest BCUT2D eigenvalue weighted by atomic mass is 16.6. The highest BCUT2D eigenvalue weighted by molar-refractivity contribution is 5.72. The summed E-state index contributed by atoms with van der Waals surface area (Å²) >= 11 is 0. The first-order valence-corrected chi connectivity index (χ1v) is 8.31. The number of piperidine rings is 2. The monoisotopic (exact) mass is 282 g/mol. The molecule has 116 valence electrons. The minimum atomic E-state index is -0.580. The van der Waals surface area contributed by atoms with Gasteiger partial charge in [-0.05, 0) is 25.2 Å². The number of ether oxygens (including phenoxy) is 1. The fourth-order valence-electron chi connectivity index (χ4n) is 3.43. The molecule has 2 heterocycles. The van der Waals surface area contributed by atoms with Crippen LogP contribution in [-0.4, -0.2) is 24.3 Å². The van der Waals surface area contributed by atoms with Crippen molar-refractivity contribution in [1.82, 2.24) is 5.32 Å². The summed E-state index contributed by atoms with van der Waals surface area (Å²) in [5.41, 5.74) is 5.62. The lowest BCUT2D eigenvalue weighted by atomic mass is 9.75. The molecule has 2 bridgehead atoms. The van der Waals surface area contributed by atoms with Crippen molar-refractivity contribution in [2.45, 2.75) is 77.0 Å². The first kappa shape index (κ1) is 15.8. The van der Waals surface area contributed by atoms with Gasteiger partial charge >= 0.3 is 5.97 Å². The van der Waals surface area contributed by atoms with Crippen molar-refractivity contribution in [3.8, 4) is 0 Å². The Labute approximate surface area is 122 Å². The maximum Gasteiger partial charge on any atom is 0.310 e. The van der Waals surface area contributed by atoms with Crippen LogP contribution in [0, 0.1) is 11.8 Å². The minimum Gasteiger partial charge on any atom is -0.442 e. The fraction of sp³-hybridized carbons (Fsp3) is 0.938. The van der Waals surface area contributed by atoms with E-state index in [0.717, 1.165) is 38.6 Å². The van der Waals surface area contributed by atoms with E-state index in [0.29, 0.717) is 5.92 Å². The highest BCUT2D eigenvalue weighted by Crippen LogP contribution is 2.37.